The molecule has 0 aromatic rings. The molecule has 0 saturated carbocycles. The maximum atomic E-state index is 12.2. The molecule has 3 aliphatic heterocycles. The third kappa shape index (κ3) is 3.24. The van der Waals surface area contributed by atoms with Gasteiger partial charge in [-0.05, 0) is 25.3 Å². The zero-order valence-corrected chi connectivity index (χ0v) is 14.3. The lowest BCUT2D eigenvalue weighted by molar-refractivity contribution is -0.161. The van der Waals surface area contributed by atoms with Crippen LogP contribution in [0.2, 0.25) is 0 Å². The zero-order chi connectivity index (χ0) is 19.0. The summed E-state index contributed by atoms with van der Waals surface area (Å²) in [7, 11) is 0. The molecule has 1 fully saturated rings. The topological polar surface area (TPSA) is 155 Å². The largest absolute Gasteiger partial charge is 0.477 e. The Morgan fingerprint density at radius 3 is 2.85 bits per heavy atom. The number of nitrogens with two attached hydrogens (primary N) is 1. The van der Waals surface area contributed by atoms with Gasteiger partial charge in [-0.15, -0.1) is 0 Å². The molecular formula is C16H22N4O6. The van der Waals surface area contributed by atoms with Gasteiger partial charge in [0.1, 0.15) is 18.1 Å². The van der Waals surface area contributed by atoms with Crippen molar-refractivity contribution in [3.63, 3.8) is 0 Å². The van der Waals surface area contributed by atoms with E-state index in [1.165, 1.54) is 4.90 Å². The van der Waals surface area contributed by atoms with Crippen molar-refractivity contribution in [3.05, 3.63) is 11.3 Å². The Bertz CT molecular complexity index is 701. The van der Waals surface area contributed by atoms with Gasteiger partial charge in [0.2, 0.25) is 5.91 Å². The quantitative estimate of drug-likeness (QED) is 0.429. The van der Waals surface area contributed by atoms with Crippen LogP contribution in [0.25, 0.3) is 0 Å². The molecule has 0 spiro atoms. The van der Waals surface area contributed by atoms with Gasteiger partial charge in [-0.3, -0.25) is 9.79 Å². The number of carbonyl (C=O) groups is 3. The van der Waals surface area contributed by atoms with E-state index in [0.717, 1.165) is 0 Å². The third-order valence-corrected chi connectivity index (χ3v) is 4.97. The third-order valence-electron chi connectivity index (χ3n) is 4.97. The van der Waals surface area contributed by atoms with E-state index in [-0.39, 0.29) is 30.3 Å². The number of carboxylic acids is 1. The highest BCUT2D eigenvalue weighted by atomic mass is 16.5. The normalized spacial score (nSPS) is 28.2. The Hall–Kier alpha value is -2.62. The summed E-state index contributed by atoms with van der Waals surface area (Å²) in [4.78, 5) is 40.2. The molecule has 0 aromatic heterocycles. The number of nitrogens with one attached hydrogen (secondary N) is 1. The molecule has 4 atom stereocenters. The van der Waals surface area contributed by atoms with Gasteiger partial charge < -0.3 is 30.9 Å². The molecule has 142 valence electrons. The Kier molecular flexibility index (Phi) is 4.86. The molecule has 5 N–H and O–H groups in total. The van der Waals surface area contributed by atoms with Crippen LogP contribution >= 0.6 is 0 Å². The van der Waals surface area contributed by atoms with Crippen molar-refractivity contribution in [2.45, 2.75) is 44.4 Å². The number of rotatable bonds is 7. The first-order valence-electron chi connectivity index (χ1n) is 8.48. The maximum absolute atomic E-state index is 12.2. The highest BCUT2D eigenvalue weighted by Gasteiger charge is 2.56. The SMILES string of the molecule is C[C@@H](O)[C@H]1C(=O)N2C(C(=O)O)=C(C[C@@H]3CNC(CCOC(N)=O)=N3)C[C@H]12. The molecule has 10 heteroatoms. The number of amidine groups is 1. The van der Waals surface area contributed by atoms with Crippen LogP contribution in [-0.4, -0.2) is 70.3 Å². The number of β-lactam (4-membered cyclic amide) rings is 1. The first kappa shape index (κ1) is 18.2. The van der Waals surface area contributed by atoms with E-state index in [0.29, 0.717) is 37.2 Å². The molecule has 0 radical (unpaired) electrons. The number of hydrogen-bond acceptors (Lipinski definition) is 7. The number of primary amides is 1. The van der Waals surface area contributed by atoms with Crippen molar-refractivity contribution in [1.29, 1.82) is 0 Å². The monoisotopic (exact) mass is 366 g/mol. The number of carboxylic acid groups (broad SMARTS) is 1. The van der Waals surface area contributed by atoms with Gasteiger partial charge in [0.25, 0.3) is 0 Å². The van der Waals surface area contributed by atoms with E-state index in [1.807, 2.05) is 0 Å². The summed E-state index contributed by atoms with van der Waals surface area (Å²) < 4.78 is 4.67. The van der Waals surface area contributed by atoms with Crippen molar-refractivity contribution in [3.8, 4) is 0 Å². The molecule has 10 nitrogen and oxygen atoms in total. The summed E-state index contributed by atoms with van der Waals surface area (Å²) in [6.07, 6.45) is -0.386. The fourth-order valence-corrected chi connectivity index (χ4v) is 3.89. The van der Waals surface area contributed by atoms with E-state index in [4.69, 9.17) is 5.73 Å². The number of aliphatic imine (C=N–C) groups is 1. The Labute approximate surface area is 149 Å². The second kappa shape index (κ2) is 6.94. The highest BCUT2D eigenvalue weighted by Crippen LogP contribution is 2.45. The predicted molar refractivity (Wildman–Crippen MR) is 89.1 cm³/mol. The van der Waals surface area contributed by atoms with Crippen LogP contribution in [0.3, 0.4) is 0 Å². The van der Waals surface area contributed by atoms with Gasteiger partial charge in [0.05, 0.1) is 24.1 Å². The molecule has 0 aromatic carbocycles. The average molecular weight is 366 g/mol. The summed E-state index contributed by atoms with van der Waals surface area (Å²) in [6.45, 7) is 2.21. The van der Waals surface area contributed by atoms with E-state index >= 15 is 0 Å². The van der Waals surface area contributed by atoms with Gasteiger partial charge in [-0.1, -0.05) is 0 Å². The average Bonchev–Trinajstić information content (AvgIpc) is 3.09. The van der Waals surface area contributed by atoms with E-state index < -0.39 is 24.1 Å². The number of aliphatic carboxylic acids is 1. The van der Waals surface area contributed by atoms with Crippen LogP contribution in [0.1, 0.15) is 26.2 Å². The summed E-state index contributed by atoms with van der Waals surface area (Å²) in [5, 5.41) is 22.4. The fraction of sp³-hybridized carbons (Fsp3) is 0.625. The van der Waals surface area contributed by atoms with Crippen LogP contribution in [0.5, 0.6) is 0 Å². The molecule has 26 heavy (non-hydrogen) atoms. The molecular weight excluding hydrogens is 344 g/mol. The summed E-state index contributed by atoms with van der Waals surface area (Å²) in [5.74, 6) is -1.35. The number of aliphatic hydroxyl groups excluding tert-OH is 1. The van der Waals surface area contributed by atoms with Gasteiger partial charge in [-0.2, -0.15) is 0 Å². The second-order valence-corrected chi connectivity index (χ2v) is 6.74. The number of amides is 2. The van der Waals surface area contributed by atoms with Crippen LogP contribution in [0.15, 0.2) is 16.3 Å². The molecule has 3 rings (SSSR count). The minimum atomic E-state index is -1.13. The van der Waals surface area contributed by atoms with Crippen LogP contribution < -0.4 is 11.1 Å². The van der Waals surface area contributed by atoms with Crippen molar-refractivity contribution in [2.75, 3.05) is 13.2 Å². The fourth-order valence-electron chi connectivity index (χ4n) is 3.89. The van der Waals surface area contributed by atoms with Crippen LogP contribution in [0.4, 0.5) is 4.79 Å². The van der Waals surface area contributed by atoms with Gasteiger partial charge in [-0.25, -0.2) is 9.59 Å². The van der Waals surface area contributed by atoms with Gasteiger partial charge >= 0.3 is 12.1 Å². The lowest BCUT2D eigenvalue weighted by Crippen LogP contribution is -2.61. The second-order valence-electron chi connectivity index (χ2n) is 6.74. The maximum Gasteiger partial charge on any atom is 0.404 e. The van der Waals surface area contributed by atoms with Crippen molar-refractivity contribution in [2.24, 2.45) is 16.6 Å². The van der Waals surface area contributed by atoms with Gasteiger partial charge in [0, 0.05) is 13.0 Å². The smallest absolute Gasteiger partial charge is 0.404 e. The van der Waals surface area contributed by atoms with E-state index in [1.54, 1.807) is 6.92 Å². The van der Waals surface area contributed by atoms with Crippen LogP contribution in [-0.2, 0) is 14.3 Å². The highest BCUT2D eigenvalue weighted by molar-refractivity contribution is 5.99. The van der Waals surface area contributed by atoms with Crippen molar-refractivity contribution < 1.29 is 29.3 Å². The van der Waals surface area contributed by atoms with Gasteiger partial charge in [0.15, 0.2) is 0 Å². The molecule has 0 aliphatic carbocycles. The summed E-state index contributed by atoms with van der Waals surface area (Å²) in [6, 6.07) is -0.438. The number of nitrogens with zero attached hydrogens (tertiary/aromatic N) is 2. The Balaban J connectivity index is 1.66. The number of hydrogen-bond donors (Lipinski definition) is 4. The molecule has 3 aliphatic rings. The summed E-state index contributed by atoms with van der Waals surface area (Å²) in [5.41, 5.74) is 5.60. The van der Waals surface area contributed by atoms with Crippen LogP contribution in [0, 0.1) is 5.92 Å². The van der Waals surface area contributed by atoms with Crippen molar-refractivity contribution >= 4 is 23.8 Å². The minimum Gasteiger partial charge on any atom is -0.477 e. The predicted octanol–water partition coefficient (Wildman–Crippen LogP) is -0.818. The lowest BCUT2D eigenvalue weighted by atomic mass is 9.82. The number of ether oxygens (including phenoxy) is 1. The number of carbonyl (C=O) groups excluding carboxylic acids is 2. The molecule has 0 bridgehead atoms. The first-order chi connectivity index (χ1) is 12.3. The number of fused-ring (bicyclic) bond motifs is 1. The minimum absolute atomic E-state index is 0.0256. The van der Waals surface area contributed by atoms with Crippen molar-refractivity contribution in [1.82, 2.24) is 10.2 Å². The molecule has 2 amide bonds. The first-order valence-corrected chi connectivity index (χ1v) is 8.48. The summed E-state index contributed by atoms with van der Waals surface area (Å²) >= 11 is 0. The Morgan fingerprint density at radius 2 is 2.23 bits per heavy atom. The standard InChI is InChI=1S/C16H22N4O6/c1-7(21)12-10-5-8(13(15(23)24)20(10)14(12)22)4-9-6-18-11(19-9)2-3-26-16(17)25/h7,9-10,12,21H,2-6H2,1H3,(H2,17,25)(H,18,19)(H,23,24)/t7-,9-,10-,12-/m1/s1. The molecule has 1 saturated heterocycles. The Morgan fingerprint density at radius 1 is 1.50 bits per heavy atom. The lowest BCUT2D eigenvalue weighted by Gasteiger charge is -2.44. The molecule has 0 unspecified atom stereocenters. The molecule has 3 heterocycles. The zero-order valence-electron chi connectivity index (χ0n) is 14.3. The number of aliphatic hydroxyl groups is 1. The van der Waals surface area contributed by atoms with E-state index in [9.17, 15) is 24.6 Å². The van der Waals surface area contributed by atoms with E-state index in [2.05, 4.69) is 15.0 Å².